The zero-order valence-corrected chi connectivity index (χ0v) is 8.80. The summed E-state index contributed by atoms with van der Waals surface area (Å²) in [6, 6.07) is 3.18. The summed E-state index contributed by atoms with van der Waals surface area (Å²) in [6.45, 7) is 3.39. The summed E-state index contributed by atoms with van der Waals surface area (Å²) in [4.78, 5) is 0. The molecule has 0 aliphatic rings. The van der Waals surface area contributed by atoms with Crippen LogP contribution in [0.4, 0.5) is 4.39 Å². The van der Waals surface area contributed by atoms with Crippen LogP contribution in [0.1, 0.15) is 22.7 Å². The van der Waals surface area contributed by atoms with Crippen molar-refractivity contribution in [3.63, 3.8) is 0 Å². The molecule has 0 saturated heterocycles. The summed E-state index contributed by atoms with van der Waals surface area (Å²) in [5.74, 6) is 0.665. The molecule has 0 radical (unpaired) electrons. The number of rotatable bonds is 3. The van der Waals surface area contributed by atoms with E-state index in [9.17, 15) is 4.39 Å². The Morgan fingerprint density at radius 1 is 1.36 bits per heavy atom. The van der Waals surface area contributed by atoms with Gasteiger partial charge >= 0.3 is 0 Å². The fourth-order valence-corrected chi connectivity index (χ4v) is 1.36. The first-order chi connectivity index (χ1) is 6.60. The van der Waals surface area contributed by atoms with E-state index in [-0.39, 0.29) is 0 Å². The normalized spacial score (nSPS) is 12.6. The van der Waals surface area contributed by atoms with Gasteiger partial charge in [0.2, 0.25) is 0 Å². The van der Waals surface area contributed by atoms with Gasteiger partial charge in [0.1, 0.15) is 12.4 Å². The maximum atomic E-state index is 12.4. The molecule has 1 aromatic carbocycles. The Morgan fingerprint density at radius 3 is 2.43 bits per heavy atom. The number of benzene rings is 1. The molecule has 0 fully saturated rings. The molecule has 0 aromatic heterocycles. The molecule has 2 nitrogen and oxygen atoms in total. The van der Waals surface area contributed by atoms with Crippen LogP contribution in [0.25, 0.3) is 0 Å². The third-order valence-corrected chi connectivity index (χ3v) is 2.41. The molecule has 1 atom stereocenters. The molecule has 2 N–H and O–H groups in total. The van der Waals surface area contributed by atoms with Crippen molar-refractivity contribution < 1.29 is 9.13 Å². The molecular formula is C11H16FNO. The van der Waals surface area contributed by atoms with Gasteiger partial charge in [-0.15, -0.1) is 0 Å². The van der Waals surface area contributed by atoms with Crippen molar-refractivity contribution in [3.05, 3.63) is 28.8 Å². The van der Waals surface area contributed by atoms with E-state index in [4.69, 9.17) is 10.5 Å². The van der Waals surface area contributed by atoms with Crippen LogP contribution in [0.3, 0.4) is 0 Å². The van der Waals surface area contributed by atoms with Crippen molar-refractivity contribution in [2.24, 2.45) is 5.73 Å². The number of halogens is 1. The lowest BCUT2D eigenvalue weighted by atomic mass is 10.0. The number of hydrogen-bond acceptors (Lipinski definition) is 2. The first-order valence-corrected chi connectivity index (χ1v) is 4.56. The predicted octanol–water partition coefficient (Wildman–Crippen LogP) is 2.28. The summed E-state index contributed by atoms with van der Waals surface area (Å²) >= 11 is 0. The van der Waals surface area contributed by atoms with Crippen LogP contribution in [0.2, 0.25) is 0 Å². The minimum atomic E-state index is -0.593. The summed E-state index contributed by atoms with van der Waals surface area (Å²) in [5, 5.41) is 0. The zero-order valence-electron chi connectivity index (χ0n) is 8.80. The van der Waals surface area contributed by atoms with Crippen LogP contribution in [0.15, 0.2) is 12.1 Å². The maximum Gasteiger partial charge on any atom is 0.124 e. The Morgan fingerprint density at radius 2 is 1.93 bits per heavy atom. The molecule has 3 heteroatoms. The van der Waals surface area contributed by atoms with E-state index in [1.807, 2.05) is 26.0 Å². The molecule has 0 amide bonds. The van der Waals surface area contributed by atoms with E-state index in [1.165, 1.54) is 0 Å². The van der Waals surface area contributed by atoms with Gasteiger partial charge in [0.05, 0.1) is 13.2 Å². The zero-order chi connectivity index (χ0) is 10.7. The lowest BCUT2D eigenvalue weighted by Gasteiger charge is -2.15. The molecule has 1 rings (SSSR count). The molecule has 14 heavy (non-hydrogen) atoms. The smallest absolute Gasteiger partial charge is 0.124 e. The average molecular weight is 197 g/mol. The van der Waals surface area contributed by atoms with Gasteiger partial charge in [0.15, 0.2) is 0 Å². The van der Waals surface area contributed by atoms with Gasteiger partial charge in [-0.3, -0.25) is 0 Å². The molecule has 1 aromatic rings. The molecule has 0 heterocycles. The highest BCUT2D eigenvalue weighted by Gasteiger charge is 2.12. The Kier molecular flexibility index (Phi) is 3.47. The first-order valence-electron chi connectivity index (χ1n) is 4.56. The highest BCUT2D eigenvalue weighted by molar-refractivity contribution is 5.43. The standard InChI is InChI=1S/C11H16FNO/c1-7-4-9(10(13)6-12)11(14-3)5-8(7)2/h4-5,10H,6,13H2,1-3H3. The van der Waals surface area contributed by atoms with Crippen LogP contribution >= 0.6 is 0 Å². The summed E-state index contributed by atoms with van der Waals surface area (Å²) in [6.07, 6.45) is 0. The van der Waals surface area contributed by atoms with Crippen LogP contribution < -0.4 is 10.5 Å². The summed E-state index contributed by atoms with van der Waals surface area (Å²) in [7, 11) is 1.57. The lowest BCUT2D eigenvalue weighted by molar-refractivity contribution is 0.388. The van der Waals surface area contributed by atoms with Crippen molar-refractivity contribution >= 4 is 0 Å². The molecule has 0 aliphatic heterocycles. The monoisotopic (exact) mass is 197 g/mol. The van der Waals surface area contributed by atoms with Crippen LogP contribution in [0.5, 0.6) is 5.75 Å². The Bertz CT molecular complexity index is 325. The van der Waals surface area contributed by atoms with Crippen LogP contribution in [-0.2, 0) is 0 Å². The SMILES string of the molecule is COc1cc(C)c(C)cc1C(N)CF. The van der Waals surface area contributed by atoms with Gasteiger partial charge < -0.3 is 10.5 Å². The quantitative estimate of drug-likeness (QED) is 0.806. The molecule has 0 bridgehead atoms. The van der Waals surface area contributed by atoms with Crippen molar-refractivity contribution in [1.29, 1.82) is 0 Å². The number of ether oxygens (including phenoxy) is 1. The Hall–Kier alpha value is -1.09. The lowest BCUT2D eigenvalue weighted by Crippen LogP contribution is -2.13. The van der Waals surface area contributed by atoms with E-state index >= 15 is 0 Å². The fourth-order valence-electron chi connectivity index (χ4n) is 1.36. The minimum Gasteiger partial charge on any atom is -0.496 e. The Balaban J connectivity index is 3.19. The summed E-state index contributed by atoms with van der Waals surface area (Å²) < 4.78 is 17.6. The minimum absolute atomic E-state index is 0.571. The molecule has 78 valence electrons. The van der Waals surface area contributed by atoms with E-state index in [0.29, 0.717) is 5.75 Å². The van der Waals surface area contributed by atoms with Gasteiger partial charge in [-0.1, -0.05) is 6.07 Å². The highest BCUT2D eigenvalue weighted by atomic mass is 19.1. The predicted molar refractivity (Wildman–Crippen MR) is 55.4 cm³/mol. The topological polar surface area (TPSA) is 35.2 Å². The van der Waals surface area contributed by atoms with Gasteiger partial charge in [-0.2, -0.15) is 0 Å². The first kappa shape index (κ1) is 11.0. The number of methoxy groups -OCH3 is 1. The van der Waals surface area contributed by atoms with Gasteiger partial charge in [-0.25, -0.2) is 4.39 Å². The van der Waals surface area contributed by atoms with E-state index in [2.05, 4.69) is 0 Å². The largest absolute Gasteiger partial charge is 0.496 e. The van der Waals surface area contributed by atoms with Crippen molar-refractivity contribution in [2.75, 3.05) is 13.8 Å². The van der Waals surface area contributed by atoms with Gasteiger partial charge in [0, 0.05) is 5.56 Å². The van der Waals surface area contributed by atoms with Gasteiger partial charge in [-0.05, 0) is 31.0 Å². The number of aryl methyl sites for hydroxylation is 2. The highest BCUT2D eigenvalue weighted by Crippen LogP contribution is 2.27. The Labute approximate surface area is 83.9 Å². The third-order valence-electron chi connectivity index (χ3n) is 2.41. The van der Waals surface area contributed by atoms with Crippen molar-refractivity contribution in [1.82, 2.24) is 0 Å². The number of hydrogen-bond donors (Lipinski definition) is 1. The fraction of sp³-hybridized carbons (Fsp3) is 0.455. The second-order valence-corrected chi connectivity index (χ2v) is 3.44. The van der Waals surface area contributed by atoms with E-state index in [0.717, 1.165) is 16.7 Å². The van der Waals surface area contributed by atoms with Gasteiger partial charge in [0.25, 0.3) is 0 Å². The molecular weight excluding hydrogens is 181 g/mol. The molecule has 0 saturated carbocycles. The van der Waals surface area contributed by atoms with Crippen molar-refractivity contribution in [2.45, 2.75) is 19.9 Å². The van der Waals surface area contributed by atoms with E-state index < -0.39 is 12.7 Å². The second kappa shape index (κ2) is 4.42. The number of alkyl halides is 1. The van der Waals surface area contributed by atoms with Crippen LogP contribution in [0, 0.1) is 13.8 Å². The second-order valence-electron chi connectivity index (χ2n) is 3.44. The average Bonchev–Trinajstić information content (AvgIpc) is 2.20. The molecule has 0 aliphatic carbocycles. The number of nitrogens with two attached hydrogens (primary N) is 1. The van der Waals surface area contributed by atoms with Crippen LogP contribution in [-0.4, -0.2) is 13.8 Å². The molecule has 0 spiro atoms. The maximum absolute atomic E-state index is 12.4. The van der Waals surface area contributed by atoms with E-state index in [1.54, 1.807) is 7.11 Å². The summed E-state index contributed by atoms with van der Waals surface area (Å²) in [5.41, 5.74) is 8.59. The molecule has 1 unspecified atom stereocenters. The van der Waals surface area contributed by atoms with Crippen molar-refractivity contribution in [3.8, 4) is 5.75 Å². The third kappa shape index (κ3) is 2.04.